The number of carbonyl (C=O) groups excluding carboxylic acids is 1. The average Bonchev–Trinajstić information content (AvgIpc) is 3.03. The maximum absolute atomic E-state index is 12.2. The first-order valence-electron chi connectivity index (χ1n) is 8.04. The minimum absolute atomic E-state index is 0.0101. The van der Waals surface area contributed by atoms with Crippen LogP contribution in [0.15, 0.2) is 24.3 Å². The lowest BCUT2D eigenvalue weighted by molar-refractivity contribution is -0.121. The molecule has 4 nitrogen and oxygen atoms in total. The number of benzene rings is 1. The molecule has 0 bridgehead atoms. The summed E-state index contributed by atoms with van der Waals surface area (Å²) in [4.78, 5) is 11.8. The lowest BCUT2D eigenvalue weighted by Gasteiger charge is -2.14. The third kappa shape index (κ3) is 6.14. The van der Waals surface area contributed by atoms with Gasteiger partial charge in [0.05, 0.1) is 6.10 Å². The largest absolute Gasteiger partial charge is 0.435 e. The van der Waals surface area contributed by atoms with Crippen LogP contribution >= 0.6 is 0 Å². The van der Waals surface area contributed by atoms with Crippen LogP contribution < -0.4 is 10.1 Å². The molecule has 23 heavy (non-hydrogen) atoms. The van der Waals surface area contributed by atoms with Crippen LogP contribution in [0.2, 0.25) is 0 Å². The Kier molecular flexibility index (Phi) is 6.77. The second kappa shape index (κ2) is 8.82. The topological polar surface area (TPSA) is 58.6 Å². The number of nitrogens with one attached hydrogen (secondary N) is 1. The lowest BCUT2D eigenvalue weighted by atomic mass is 10.0. The van der Waals surface area contributed by atoms with Crippen LogP contribution in [-0.2, 0) is 4.79 Å². The Labute approximate surface area is 134 Å². The van der Waals surface area contributed by atoms with Crippen molar-refractivity contribution in [1.29, 1.82) is 0 Å². The van der Waals surface area contributed by atoms with Crippen LogP contribution in [0.25, 0.3) is 0 Å². The van der Waals surface area contributed by atoms with Crippen LogP contribution in [0.3, 0.4) is 0 Å². The molecule has 1 aliphatic rings. The van der Waals surface area contributed by atoms with E-state index in [1.807, 2.05) is 0 Å². The Morgan fingerprint density at radius 1 is 1.35 bits per heavy atom. The van der Waals surface area contributed by atoms with Crippen molar-refractivity contribution >= 4 is 5.91 Å². The van der Waals surface area contributed by atoms with Crippen LogP contribution in [0.4, 0.5) is 8.78 Å². The maximum atomic E-state index is 12.2. The minimum Gasteiger partial charge on any atom is -0.435 e. The molecule has 0 heterocycles. The van der Waals surface area contributed by atoms with E-state index in [9.17, 15) is 18.7 Å². The van der Waals surface area contributed by atoms with Crippen molar-refractivity contribution < 1.29 is 23.4 Å². The first-order chi connectivity index (χ1) is 11.0. The molecular weight excluding hydrogens is 304 g/mol. The lowest BCUT2D eigenvalue weighted by Crippen LogP contribution is -2.28. The van der Waals surface area contributed by atoms with E-state index in [0.717, 1.165) is 6.42 Å². The van der Waals surface area contributed by atoms with Gasteiger partial charge in [-0.05, 0) is 30.0 Å². The molecule has 0 aromatic heterocycles. The van der Waals surface area contributed by atoms with E-state index in [1.165, 1.54) is 43.9 Å². The fraction of sp³-hybridized carbons (Fsp3) is 0.588. The second-order valence-corrected chi connectivity index (χ2v) is 5.96. The highest BCUT2D eigenvalue weighted by Crippen LogP contribution is 2.28. The summed E-state index contributed by atoms with van der Waals surface area (Å²) in [5.74, 6) is 0.550. The molecule has 2 N–H and O–H groups in total. The summed E-state index contributed by atoms with van der Waals surface area (Å²) < 4.78 is 28.7. The Hall–Kier alpha value is -1.69. The van der Waals surface area contributed by atoms with Crippen LogP contribution in [0.1, 0.15) is 50.2 Å². The predicted octanol–water partition coefficient (Wildman–Crippen LogP) is 3.41. The fourth-order valence-corrected chi connectivity index (χ4v) is 2.95. The number of hydrogen-bond donors (Lipinski definition) is 2. The van der Waals surface area contributed by atoms with Gasteiger partial charge in [0, 0.05) is 13.0 Å². The van der Waals surface area contributed by atoms with Crippen LogP contribution in [-0.4, -0.2) is 24.2 Å². The van der Waals surface area contributed by atoms with Crippen molar-refractivity contribution in [1.82, 2.24) is 5.32 Å². The summed E-state index contributed by atoms with van der Waals surface area (Å²) >= 11 is 0. The number of aliphatic hydroxyl groups is 1. The average molecular weight is 327 g/mol. The molecule has 0 spiro atoms. The van der Waals surface area contributed by atoms with Crippen molar-refractivity contribution in [3.05, 3.63) is 29.8 Å². The molecule has 1 aliphatic carbocycles. The summed E-state index contributed by atoms with van der Waals surface area (Å²) in [6.45, 7) is -2.85. The molecule has 6 heteroatoms. The smallest absolute Gasteiger partial charge is 0.387 e. The summed E-state index contributed by atoms with van der Waals surface area (Å²) in [6, 6.07) is 5.87. The Bertz CT molecular complexity index is 504. The summed E-state index contributed by atoms with van der Waals surface area (Å²) in [6.07, 6.45) is 5.31. The maximum Gasteiger partial charge on any atom is 0.387 e. The van der Waals surface area contributed by atoms with Gasteiger partial charge in [0.15, 0.2) is 0 Å². The van der Waals surface area contributed by atoms with Gasteiger partial charge in [-0.25, -0.2) is 0 Å². The van der Waals surface area contributed by atoms with Gasteiger partial charge in [-0.2, -0.15) is 8.78 Å². The van der Waals surface area contributed by atoms with Gasteiger partial charge in [-0.1, -0.05) is 37.8 Å². The zero-order valence-electron chi connectivity index (χ0n) is 13.0. The van der Waals surface area contributed by atoms with Gasteiger partial charge in [0.2, 0.25) is 5.91 Å². The van der Waals surface area contributed by atoms with Gasteiger partial charge in [-0.3, -0.25) is 4.79 Å². The second-order valence-electron chi connectivity index (χ2n) is 5.96. The molecule has 0 aliphatic heterocycles. The van der Waals surface area contributed by atoms with Gasteiger partial charge >= 0.3 is 6.61 Å². The van der Waals surface area contributed by atoms with Crippen LogP contribution in [0.5, 0.6) is 5.75 Å². The van der Waals surface area contributed by atoms with E-state index in [-0.39, 0.29) is 18.2 Å². The van der Waals surface area contributed by atoms with Gasteiger partial charge in [0.25, 0.3) is 0 Å². The van der Waals surface area contributed by atoms with E-state index >= 15 is 0 Å². The zero-order valence-corrected chi connectivity index (χ0v) is 13.0. The molecule has 0 radical (unpaired) electrons. The highest BCUT2D eigenvalue weighted by Gasteiger charge is 2.17. The highest BCUT2D eigenvalue weighted by atomic mass is 19.3. The van der Waals surface area contributed by atoms with Gasteiger partial charge < -0.3 is 15.2 Å². The van der Waals surface area contributed by atoms with Crippen molar-refractivity contribution in [2.24, 2.45) is 5.92 Å². The number of hydrogen-bond acceptors (Lipinski definition) is 3. The standard InChI is InChI=1S/C17H23F2NO3/c18-17(19)23-14-7-3-6-13(10-14)15(21)11-20-16(22)9-8-12-4-1-2-5-12/h3,6-7,10,12,15,17,21H,1-2,4-5,8-9,11H2,(H,20,22). The third-order valence-electron chi connectivity index (χ3n) is 4.22. The van der Waals surface area contributed by atoms with E-state index in [1.54, 1.807) is 6.07 Å². The molecule has 0 saturated heterocycles. The minimum atomic E-state index is -2.90. The summed E-state index contributed by atoms with van der Waals surface area (Å²) in [5, 5.41) is 12.7. The monoisotopic (exact) mass is 327 g/mol. The summed E-state index contributed by atoms with van der Waals surface area (Å²) in [7, 11) is 0. The number of ether oxygens (including phenoxy) is 1. The number of rotatable bonds is 8. The zero-order chi connectivity index (χ0) is 16.7. The molecule has 1 aromatic rings. The molecule has 1 fully saturated rings. The first-order valence-corrected chi connectivity index (χ1v) is 8.04. The normalized spacial score (nSPS) is 16.5. The number of halogens is 2. The van der Waals surface area contributed by atoms with E-state index in [0.29, 0.717) is 17.9 Å². The molecule has 1 aromatic carbocycles. The van der Waals surface area contributed by atoms with Crippen molar-refractivity contribution in [2.45, 2.75) is 51.2 Å². The van der Waals surface area contributed by atoms with Gasteiger partial charge in [-0.15, -0.1) is 0 Å². The third-order valence-corrected chi connectivity index (χ3v) is 4.22. The van der Waals surface area contributed by atoms with E-state index in [2.05, 4.69) is 10.1 Å². The van der Waals surface area contributed by atoms with Crippen molar-refractivity contribution in [3.8, 4) is 5.75 Å². The van der Waals surface area contributed by atoms with E-state index < -0.39 is 12.7 Å². The Balaban J connectivity index is 1.74. The molecule has 1 atom stereocenters. The number of alkyl halides is 2. The first kappa shape index (κ1) is 17.7. The molecule has 1 unspecified atom stereocenters. The Morgan fingerprint density at radius 2 is 2.09 bits per heavy atom. The van der Waals surface area contributed by atoms with Gasteiger partial charge in [0.1, 0.15) is 5.75 Å². The van der Waals surface area contributed by atoms with Crippen molar-refractivity contribution in [3.63, 3.8) is 0 Å². The summed E-state index contributed by atoms with van der Waals surface area (Å²) in [5.41, 5.74) is 0.430. The number of carbonyl (C=O) groups is 1. The number of aliphatic hydroxyl groups excluding tert-OH is 1. The molecular formula is C17H23F2NO3. The van der Waals surface area contributed by atoms with E-state index in [4.69, 9.17) is 0 Å². The molecule has 1 amide bonds. The molecule has 1 saturated carbocycles. The SMILES string of the molecule is O=C(CCC1CCCC1)NCC(O)c1cccc(OC(F)F)c1. The predicted molar refractivity (Wildman–Crippen MR) is 82.2 cm³/mol. The fourth-order valence-electron chi connectivity index (χ4n) is 2.95. The number of amides is 1. The van der Waals surface area contributed by atoms with Crippen LogP contribution in [0, 0.1) is 5.92 Å². The quantitative estimate of drug-likeness (QED) is 0.769. The Morgan fingerprint density at radius 3 is 2.78 bits per heavy atom. The van der Waals surface area contributed by atoms with Crippen molar-refractivity contribution in [2.75, 3.05) is 6.54 Å². The molecule has 2 rings (SSSR count). The molecule has 128 valence electrons. The highest BCUT2D eigenvalue weighted by molar-refractivity contribution is 5.75.